The zero-order valence-electron chi connectivity index (χ0n) is 9.30. The van der Waals surface area contributed by atoms with Gasteiger partial charge in [-0.3, -0.25) is 0 Å². The van der Waals surface area contributed by atoms with Gasteiger partial charge < -0.3 is 9.05 Å². The molecule has 16 heavy (non-hydrogen) atoms. The minimum absolute atomic E-state index is 0.202. The lowest BCUT2D eigenvalue weighted by Crippen LogP contribution is -1.94. The van der Waals surface area contributed by atoms with E-state index in [9.17, 15) is 0 Å². The molecule has 0 spiro atoms. The number of hydrogen-bond donors (Lipinski definition) is 0. The van der Waals surface area contributed by atoms with E-state index in [4.69, 9.17) is 9.05 Å². The summed E-state index contributed by atoms with van der Waals surface area (Å²) in [6, 6.07) is 0. The molecule has 0 saturated carbocycles. The van der Waals surface area contributed by atoms with Crippen molar-refractivity contribution in [3.63, 3.8) is 0 Å². The molecule has 0 radical (unpaired) electrons. The normalized spacial score (nSPS) is 12.9. The Kier molecular flexibility index (Phi) is 3.23. The van der Waals surface area contributed by atoms with Gasteiger partial charge in [0.1, 0.15) is 0 Å². The lowest BCUT2D eigenvalue weighted by Gasteiger charge is -1.98. The molecule has 7 heteroatoms. The van der Waals surface area contributed by atoms with Gasteiger partial charge in [-0.2, -0.15) is 21.7 Å². The molecule has 2 rings (SSSR count). The summed E-state index contributed by atoms with van der Waals surface area (Å²) in [5.41, 5.74) is 0. The average molecular weight is 240 g/mol. The van der Waals surface area contributed by atoms with Crippen LogP contribution in [0.25, 0.3) is 0 Å². The Labute approximate surface area is 96.8 Å². The first-order chi connectivity index (χ1) is 7.69. The van der Waals surface area contributed by atoms with Crippen molar-refractivity contribution < 1.29 is 9.05 Å². The molecule has 0 aromatic carbocycles. The molecule has 0 N–H and O–H groups in total. The second kappa shape index (κ2) is 4.65. The van der Waals surface area contributed by atoms with Crippen molar-refractivity contribution in [1.29, 1.82) is 0 Å². The topological polar surface area (TPSA) is 77.8 Å². The predicted octanol–water partition coefficient (Wildman–Crippen LogP) is 1.78. The van der Waals surface area contributed by atoms with E-state index in [-0.39, 0.29) is 5.25 Å². The molecule has 0 aliphatic carbocycles. The van der Waals surface area contributed by atoms with Crippen LogP contribution in [0.1, 0.15) is 35.6 Å². The average Bonchev–Trinajstić information content (AvgIpc) is 2.87. The fourth-order valence-corrected chi connectivity index (χ4v) is 1.46. The first kappa shape index (κ1) is 11.1. The monoisotopic (exact) mass is 240 g/mol. The fourth-order valence-electron chi connectivity index (χ4n) is 1.16. The van der Waals surface area contributed by atoms with Crippen LogP contribution < -0.4 is 0 Å². The highest BCUT2D eigenvalue weighted by molar-refractivity contribution is 7.98. The third-order valence-electron chi connectivity index (χ3n) is 2.07. The second-order valence-corrected chi connectivity index (χ2v) is 4.51. The smallest absolute Gasteiger partial charge is 0.239 e. The van der Waals surface area contributed by atoms with Crippen LogP contribution >= 0.6 is 11.8 Å². The lowest BCUT2D eigenvalue weighted by atomic mass is 10.4. The maximum Gasteiger partial charge on any atom is 0.239 e. The Balaban J connectivity index is 2.08. The van der Waals surface area contributed by atoms with Crippen molar-refractivity contribution in [1.82, 2.24) is 20.3 Å². The van der Waals surface area contributed by atoms with Crippen LogP contribution in [0.2, 0.25) is 0 Å². The van der Waals surface area contributed by atoms with Crippen molar-refractivity contribution in [2.24, 2.45) is 0 Å². The molecule has 0 unspecified atom stereocenters. The summed E-state index contributed by atoms with van der Waals surface area (Å²) in [5, 5.41) is 7.84. The van der Waals surface area contributed by atoms with E-state index in [0.717, 1.165) is 0 Å². The molecule has 0 amide bonds. The number of aryl methyl sites for hydroxylation is 1. The Morgan fingerprint density at radius 3 is 2.50 bits per heavy atom. The van der Waals surface area contributed by atoms with Crippen molar-refractivity contribution in [3.8, 4) is 0 Å². The third-order valence-corrected chi connectivity index (χ3v) is 2.98. The van der Waals surface area contributed by atoms with E-state index in [1.165, 1.54) is 0 Å². The highest BCUT2D eigenvalue weighted by Crippen LogP contribution is 2.23. The lowest BCUT2D eigenvalue weighted by molar-refractivity contribution is 0.373. The van der Waals surface area contributed by atoms with Crippen LogP contribution in [0.15, 0.2) is 9.05 Å². The minimum Gasteiger partial charge on any atom is -0.340 e. The predicted molar refractivity (Wildman–Crippen MR) is 58.1 cm³/mol. The first-order valence-electron chi connectivity index (χ1n) is 4.83. The van der Waals surface area contributed by atoms with Gasteiger partial charge in [-0.15, -0.1) is 0 Å². The number of rotatable bonds is 4. The maximum absolute atomic E-state index is 5.13. The second-order valence-electron chi connectivity index (χ2n) is 3.33. The van der Waals surface area contributed by atoms with Gasteiger partial charge in [0, 0.05) is 6.92 Å². The van der Waals surface area contributed by atoms with Crippen molar-refractivity contribution in [3.05, 3.63) is 23.4 Å². The summed E-state index contributed by atoms with van der Waals surface area (Å²) in [6.45, 7) is 3.76. The van der Waals surface area contributed by atoms with Gasteiger partial charge in [-0.25, -0.2) is 0 Å². The quantitative estimate of drug-likeness (QED) is 0.805. The van der Waals surface area contributed by atoms with Crippen LogP contribution in [0, 0.1) is 6.92 Å². The number of hydrogen-bond acceptors (Lipinski definition) is 7. The van der Waals surface area contributed by atoms with Crippen LogP contribution in [-0.4, -0.2) is 26.5 Å². The molecule has 0 aliphatic rings. The first-order valence-corrected chi connectivity index (χ1v) is 6.12. The summed E-state index contributed by atoms with van der Waals surface area (Å²) in [5.74, 6) is 2.32. The van der Waals surface area contributed by atoms with Crippen molar-refractivity contribution >= 4 is 11.8 Å². The van der Waals surface area contributed by atoms with Gasteiger partial charge in [0.2, 0.25) is 11.8 Å². The molecule has 1 atom stereocenters. The highest BCUT2D eigenvalue weighted by Gasteiger charge is 2.14. The standard InChI is InChI=1S/C9H12N4O2S/c1-5(16-3)9-11-8(13-15-9)4-7-10-6(2)14-12-7/h5H,4H2,1-3H3/t5-/m1/s1. The minimum atomic E-state index is 0.202. The Morgan fingerprint density at radius 2 is 1.88 bits per heavy atom. The van der Waals surface area contributed by atoms with E-state index < -0.39 is 0 Å². The van der Waals surface area contributed by atoms with Crippen LogP contribution in [0.4, 0.5) is 0 Å². The molecular formula is C9H12N4O2S. The maximum atomic E-state index is 5.13. The van der Waals surface area contributed by atoms with Crippen molar-refractivity contribution in [2.75, 3.05) is 6.26 Å². The van der Waals surface area contributed by atoms with E-state index in [0.29, 0.717) is 29.9 Å². The Bertz CT molecular complexity index is 468. The van der Waals surface area contributed by atoms with Gasteiger partial charge >= 0.3 is 0 Å². The molecule has 6 nitrogen and oxygen atoms in total. The molecule has 2 heterocycles. The van der Waals surface area contributed by atoms with Gasteiger partial charge in [-0.1, -0.05) is 10.3 Å². The summed E-state index contributed by atoms with van der Waals surface area (Å²) in [4.78, 5) is 8.34. The van der Waals surface area contributed by atoms with E-state index >= 15 is 0 Å². The number of nitrogens with zero attached hydrogens (tertiary/aromatic N) is 4. The van der Waals surface area contributed by atoms with Crippen LogP contribution in [0.5, 0.6) is 0 Å². The molecule has 2 aromatic rings. The Morgan fingerprint density at radius 1 is 1.19 bits per heavy atom. The van der Waals surface area contributed by atoms with E-state index in [1.54, 1.807) is 18.7 Å². The van der Waals surface area contributed by atoms with Gasteiger partial charge in [0.05, 0.1) is 11.7 Å². The molecule has 0 fully saturated rings. The molecule has 86 valence electrons. The molecular weight excluding hydrogens is 228 g/mol. The van der Waals surface area contributed by atoms with Gasteiger partial charge in [0.25, 0.3) is 0 Å². The fraction of sp³-hybridized carbons (Fsp3) is 0.556. The summed E-state index contributed by atoms with van der Waals surface area (Å²) >= 11 is 1.66. The summed E-state index contributed by atoms with van der Waals surface area (Å²) in [6.07, 6.45) is 2.43. The van der Waals surface area contributed by atoms with Crippen molar-refractivity contribution in [2.45, 2.75) is 25.5 Å². The van der Waals surface area contributed by atoms with Gasteiger partial charge in [0.15, 0.2) is 11.6 Å². The molecule has 0 aliphatic heterocycles. The Hall–Kier alpha value is -1.37. The molecule has 0 bridgehead atoms. The largest absolute Gasteiger partial charge is 0.340 e. The summed E-state index contributed by atoms with van der Waals surface area (Å²) < 4.78 is 9.99. The van der Waals surface area contributed by atoms with E-state index in [1.807, 2.05) is 13.2 Å². The third kappa shape index (κ3) is 2.41. The van der Waals surface area contributed by atoms with E-state index in [2.05, 4.69) is 20.3 Å². The zero-order chi connectivity index (χ0) is 11.5. The molecule has 2 aromatic heterocycles. The number of aromatic nitrogens is 4. The number of thioether (sulfide) groups is 1. The van der Waals surface area contributed by atoms with Crippen LogP contribution in [0.3, 0.4) is 0 Å². The molecule has 0 saturated heterocycles. The summed E-state index contributed by atoms with van der Waals surface area (Å²) in [7, 11) is 0. The van der Waals surface area contributed by atoms with Gasteiger partial charge in [-0.05, 0) is 13.2 Å². The van der Waals surface area contributed by atoms with Crippen LogP contribution in [-0.2, 0) is 6.42 Å². The highest BCUT2D eigenvalue weighted by atomic mass is 32.2. The zero-order valence-corrected chi connectivity index (χ0v) is 10.1. The SMILES string of the molecule is CS[C@H](C)c1nc(Cc2noc(C)n2)no1.